The number of halogens is 3. The van der Waals surface area contributed by atoms with Crippen LogP contribution in [0.4, 0.5) is 13.2 Å². The Bertz CT molecular complexity index is 832. The molecule has 0 saturated heterocycles. The molecule has 0 radical (unpaired) electrons. The first kappa shape index (κ1) is 16.3. The van der Waals surface area contributed by atoms with E-state index in [0.29, 0.717) is 10.6 Å². The van der Waals surface area contributed by atoms with Gasteiger partial charge in [-0.2, -0.15) is 13.2 Å². The van der Waals surface area contributed by atoms with E-state index in [0.717, 1.165) is 17.3 Å². The summed E-state index contributed by atoms with van der Waals surface area (Å²) in [6.07, 6.45) is -4.67. The van der Waals surface area contributed by atoms with Crippen LogP contribution in [0.25, 0.3) is 11.5 Å². The molecule has 126 valence electrons. The number of thioether (sulfide) groups is 1. The van der Waals surface area contributed by atoms with Gasteiger partial charge in [0, 0.05) is 5.56 Å². The van der Waals surface area contributed by atoms with Gasteiger partial charge in [-0.15, -0.1) is 20.4 Å². The second-order valence-corrected chi connectivity index (χ2v) is 6.05. The Balaban J connectivity index is 1.78. The molecule has 0 bridgehead atoms. The molecule has 0 aliphatic carbocycles. The lowest BCUT2D eigenvalue weighted by Gasteiger charge is -2.08. The quantitative estimate of drug-likeness (QED) is 0.567. The van der Waals surface area contributed by atoms with Gasteiger partial charge >= 0.3 is 6.18 Å². The van der Waals surface area contributed by atoms with Gasteiger partial charge < -0.3 is 10.3 Å². The highest BCUT2D eigenvalue weighted by molar-refractivity contribution is 7.99. The van der Waals surface area contributed by atoms with Gasteiger partial charge in [-0.1, -0.05) is 30.0 Å². The molecule has 0 unspecified atom stereocenters. The van der Waals surface area contributed by atoms with Gasteiger partial charge in [0.15, 0.2) is 0 Å². The number of rotatable bonds is 4. The summed E-state index contributed by atoms with van der Waals surface area (Å²) in [7, 11) is 0. The van der Waals surface area contributed by atoms with E-state index in [1.807, 2.05) is 18.2 Å². The smallest absolute Gasteiger partial charge is 0.419 e. The molecular formula is C13H11F3N6OS. The molecule has 11 heteroatoms. The number of aromatic nitrogens is 5. The Labute approximate surface area is 138 Å². The van der Waals surface area contributed by atoms with Crippen molar-refractivity contribution in [2.24, 2.45) is 0 Å². The van der Waals surface area contributed by atoms with Crippen molar-refractivity contribution in [1.82, 2.24) is 25.1 Å². The summed E-state index contributed by atoms with van der Waals surface area (Å²) in [6, 6.07) is 9.12. The summed E-state index contributed by atoms with van der Waals surface area (Å²) >= 11 is 0.937. The van der Waals surface area contributed by atoms with Crippen LogP contribution in [0.5, 0.6) is 0 Å². The molecule has 0 fully saturated rings. The van der Waals surface area contributed by atoms with Crippen molar-refractivity contribution in [3.05, 3.63) is 42.0 Å². The highest BCUT2D eigenvalue weighted by Crippen LogP contribution is 2.35. The summed E-state index contributed by atoms with van der Waals surface area (Å²) in [6.45, 7) is 1.69. The third-order valence-electron chi connectivity index (χ3n) is 3.01. The summed E-state index contributed by atoms with van der Waals surface area (Å²) in [4.78, 5) is 0. The molecule has 1 aromatic carbocycles. The Morgan fingerprint density at radius 1 is 1.12 bits per heavy atom. The van der Waals surface area contributed by atoms with E-state index < -0.39 is 17.3 Å². The molecule has 0 aliphatic heterocycles. The number of nitrogens with zero attached hydrogens (tertiary/aromatic N) is 5. The first-order valence-electron chi connectivity index (χ1n) is 6.69. The number of alkyl halides is 3. The predicted molar refractivity (Wildman–Crippen MR) is 79.2 cm³/mol. The van der Waals surface area contributed by atoms with Crippen LogP contribution in [0.1, 0.15) is 23.9 Å². The molecule has 7 nitrogen and oxygen atoms in total. The second kappa shape index (κ2) is 6.15. The molecule has 0 amide bonds. The average Bonchev–Trinajstić information content (AvgIpc) is 3.15. The molecule has 0 saturated carbocycles. The Morgan fingerprint density at radius 2 is 1.83 bits per heavy atom. The fourth-order valence-corrected chi connectivity index (χ4v) is 2.66. The Kier molecular flexibility index (Phi) is 4.18. The van der Waals surface area contributed by atoms with Gasteiger partial charge in [0.2, 0.25) is 16.9 Å². The van der Waals surface area contributed by atoms with Crippen molar-refractivity contribution in [3.63, 3.8) is 0 Å². The monoisotopic (exact) mass is 356 g/mol. The van der Waals surface area contributed by atoms with E-state index in [2.05, 4.69) is 20.4 Å². The van der Waals surface area contributed by atoms with Gasteiger partial charge in [0.25, 0.3) is 5.82 Å². The molecule has 24 heavy (non-hydrogen) atoms. The SMILES string of the molecule is C[C@@H](Sc1nnc(C(F)(F)F)n1N)c1nnc(-c2ccccc2)o1. The van der Waals surface area contributed by atoms with E-state index in [1.54, 1.807) is 19.1 Å². The standard InChI is InChI=1S/C13H11F3N6OS/c1-7(24-12-21-20-11(22(12)17)13(14,15)16)9-18-19-10(23-9)8-5-3-2-4-6-8/h2-7H,17H2,1H3/t7-/m1/s1. The summed E-state index contributed by atoms with van der Waals surface area (Å²) in [5, 5.41) is 13.8. The van der Waals surface area contributed by atoms with Gasteiger partial charge in [-0.3, -0.25) is 0 Å². The van der Waals surface area contributed by atoms with E-state index in [-0.39, 0.29) is 11.0 Å². The van der Waals surface area contributed by atoms with Crippen molar-refractivity contribution in [2.45, 2.75) is 23.5 Å². The molecular weight excluding hydrogens is 345 g/mol. The normalized spacial score (nSPS) is 13.2. The zero-order valence-corrected chi connectivity index (χ0v) is 13.0. The van der Waals surface area contributed by atoms with Gasteiger partial charge in [-0.05, 0) is 19.1 Å². The van der Waals surface area contributed by atoms with E-state index in [4.69, 9.17) is 10.3 Å². The number of hydrogen-bond acceptors (Lipinski definition) is 7. The molecule has 3 aromatic rings. The van der Waals surface area contributed by atoms with Gasteiger partial charge in [0.1, 0.15) is 0 Å². The van der Waals surface area contributed by atoms with Crippen molar-refractivity contribution >= 4 is 11.8 Å². The van der Waals surface area contributed by atoms with Gasteiger partial charge in [0.05, 0.1) is 5.25 Å². The first-order chi connectivity index (χ1) is 11.4. The Hall–Kier alpha value is -2.56. The van der Waals surface area contributed by atoms with Crippen LogP contribution in [0.15, 0.2) is 39.9 Å². The van der Waals surface area contributed by atoms with Crippen molar-refractivity contribution in [3.8, 4) is 11.5 Å². The number of nitrogen functional groups attached to an aromatic ring is 1. The van der Waals surface area contributed by atoms with E-state index >= 15 is 0 Å². The van der Waals surface area contributed by atoms with Crippen LogP contribution in [0, 0.1) is 0 Å². The fraction of sp³-hybridized carbons (Fsp3) is 0.231. The van der Waals surface area contributed by atoms with E-state index in [1.165, 1.54) is 0 Å². The predicted octanol–water partition coefficient (Wildman–Crippen LogP) is 2.91. The summed E-state index contributed by atoms with van der Waals surface area (Å²) in [5.41, 5.74) is 0.745. The molecule has 2 aromatic heterocycles. The van der Waals surface area contributed by atoms with Crippen molar-refractivity contribution in [1.29, 1.82) is 0 Å². The number of nitrogens with two attached hydrogens (primary N) is 1. The largest absolute Gasteiger partial charge is 0.453 e. The minimum absolute atomic E-state index is 0.103. The molecule has 0 spiro atoms. The third kappa shape index (κ3) is 3.20. The van der Waals surface area contributed by atoms with Crippen molar-refractivity contribution < 1.29 is 17.6 Å². The maximum absolute atomic E-state index is 12.7. The Morgan fingerprint density at radius 3 is 2.46 bits per heavy atom. The van der Waals surface area contributed by atoms with Crippen LogP contribution in [0.2, 0.25) is 0 Å². The minimum Gasteiger partial charge on any atom is -0.419 e. The number of hydrogen-bond donors (Lipinski definition) is 1. The van der Waals surface area contributed by atoms with Gasteiger partial charge in [-0.25, -0.2) is 4.68 Å². The topological polar surface area (TPSA) is 95.7 Å². The van der Waals surface area contributed by atoms with Crippen LogP contribution in [-0.4, -0.2) is 25.1 Å². The lowest BCUT2D eigenvalue weighted by Crippen LogP contribution is -2.21. The first-order valence-corrected chi connectivity index (χ1v) is 7.57. The minimum atomic E-state index is -4.67. The van der Waals surface area contributed by atoms with Crippen LogP contribution in [-0.2, 0) is 6.18 Å². The molecule has 1 atom stereocenters. The van der Waals surface area contributed by atoms with Crippen LogP contribution < -0.4 is 5.84 Å². The highest BCUT2D eigenvalue weighted by Gasteiger charge is 2.38. The zero-order chi connectivity index (χ0) is 17.3. The number of benzene rings is 1. The maximum atomic E-state index is 12.7. The van der Waals surface area contributed by atoms with Crippen molar-refractivity contribution in [2.75, 3.05) is 5.84 Å². The third-order valence-corrected chi connectivity index (χ3v) is 4.05. The maximum Gasteiger partial charge on any atom is 0.453 e. The lowest BCUT2D eigenvalue weighted by molar-refractivity contribution is -0.146. The highest BCUT2D eigenvalue weighted by atomic mass is 32.2. The molecule has 3 rings (SSSR count). The fourth-order valence-electron chi connectivity index (χ4n) is 1.86. The molecule has 2 N–H and O–H groups in total. The summed E-state index contributed by atoms with van der Waals surface area (Å²) < 4.78 is 43.9. The van der Waals surface area contributed by atoms with Crippen LogP contribution in [0.3, 0.4) is 0 Å². The molecule has 0 aliphatic rings. The zero-order valence-electron chi connectivity index (χ0n) is 12.2. The summed E-state index contributed by atoms with van der Waals surface area (Å²) in [5.74, 6) is 4.69. The average molecular weight is 356 g/mol. The molecule has 2 heterocycles. The second-order valence-electron chi connectivity index (χ2n) is 4.75. The van der Waals surface area contributed by atoms with Crippen LogP contribution >= 0.6 is 11.8 Å². The van der Waals surface area contributed by atoms with E-state index in [9.17, 15) is 13.2 Å². The lowest BCUT2D eigenvalue weighted by atomic mass is 10.2.